The summed E-state index contributed by atoms with van der Waals surface area (Å²) in [4.78, 5) is 47.6. The molecule has 2 aromatic rings. The molecule has 0 aliphatic heterocycles. The van der Waals surface area contributed by atoms with Crippen molar-refractivity contribution in [2.75, 3.05) is 10.6 Å². The number of carbonyl (C=O) groups excluding carboxylic acids is 2. The second kappa shape index (κ2) is 8.66. The van der Waals surface area contributed by atoms with Gasteiger partial charge in [0.25, 0.3) is 0 Å². The highest BCUT2D eigenvalue weighted by Crippen LogP contribution is 2.53. The van der Waals surface area contributed by atoms with E-state index in [0.29, 0.717) is 12.4 Å². The van der Waals surface area contributed by atoms with Gasteiger partial charge in [0.2, 0.25) is 0 Å². The van der Waals surface area contributed by atoms with Crippen LogP contribution in [0.5, 0.6) is 0 Å². The maximum Gasteiger partial charge on any atom is 0.393 e. The number of amides is 2. The number of alkyl halides is 8. The fraction of sp³-hybridized carbons (Fsp3) is 0.333. The van der Waals surface area contributed by atoms with Crippen LogP contribution in [0.4, 0.5) is 55.4 Å². The van der Waals surface area contributed by atoms with Crippen LogP contribution < -0.4 is 10.6 Å². The maximum atomic E-state index is 13.9. The van der Waals surface area contributed by atoms with Gasteiger partial charge in [-0.2, -0.15) is 35.1 Å². The number of aromatic nitrogens is 2. The first kappa shape index (κ1) is 26.7. The Morgan fingerprint density at radius 2 is 1.03 bits per heavy atom. The fourth-order valence-corrected chi connectivity index (χ4v) is 3.10. The van der Waals surface area contributed by atoms with Crippen LogP contribution in [-0.2, 0) is 9.59 Å². The Hall–Kier alpha value is -3.56. The van der Waals surface area contributed by atoms with Crippen molar-refractivity contribution in [3.8, 4) is 0 Å². The minimum absolute atomic E-state index is 0.155. The summed E-state index contributed by atoms with van der Waals surface area (Å²) < 4.78 is 111. The summed E-state index contributed by atoms with van der Waals surface area (Å²) in [5.74, 6) is -34.3. The third kappa shape index (κ3) is 4.44. The topological polar surface area (TPSA) is 170 Å². The van der Waals surface area contributed by atoms with Crippen molar-refractivity contribution in [3.05, 3.63) is 32.6 Å². The summed E-state index contributed by atoms with van der Waals surface area (Å²) in [6.45, 7) is 0. The third-order valence-corrected chi connectivity index (χ3v) is 5.27. The van der Waals surface area contributed by atoms with Crippen molar-refractivity contribution in [2.24, 2.45) is 0 Å². The molecule has 2 N–H and O–H groups in total. The van der Waals surface area contributed by atoms with Crippen LogP contribution in [-0.4, -0.2) is 55.3 Å². The second-order valence-electron chi connectivity index (χ2n) is 5.73. The highest BCUT2D eigenvalue weighted by atomic mass is 32.1. The zero-order valence-corrected chi connectivity index (χ0v) is 16.9. The number of hydrogen-bond donors (Lipinski definition) is 2. The monoisotopic (exact) mass is 544 g/mol. The first-order valence-electron chi connectivity index (χ1n) is 7.71. The Labute approximate surface area is 186 Å². The van der Waals surface area contributed by atoms with E-state index in [4.69, 9.17) is 0 Å². The zero-order chi connectivity index (χ0) is 26.3. The molecular formula is C12H4F8N6O6S2. The van der Waals surface area contributed by atoms with Crippen molar-refractivity contribution >= 4 is 54.8 Å². The molecular weight excluding hydrogens is 540 g/mol. The number of anilines is 2. The van der Waals surface area contributed by atoms with Gasteiger partial charge < -0.3 is 0 Å². The van der Waals surface area contributed by atoms with E-state index in [0.717, 1.165) is 10.6 Å². The molecule has 2 rings (SSSR count). The lowest BCUT2D eigenvalue weighted by Crippen LogP contribution is -2.67. The van der Waals surface area contributed by atoms with Crippen LogP contribution >= 0.6 is 22.7 Å². The number of nitrogens with one attached hydrogen (secondary N) is 2. The third-order valence-electron chi connectivity index (χ3n) is 3.54. The minimum Gasteiger partial charge on any atom is -0.296 e. The van der Waals surface area contributed by atoms with Crippen LogP contribution in [0.2, 0.25) is 0 Å². The fourth-order valence-electron chi connectivity index (χ4n) is 1.85. The molecule has 0 aromatic carbocycles. The highest BCUT2D eigenvalue weighted by Gasteiger charge is 2.84. The van der Waals surface area contributed by atoms with Gasteiger partial charge >= 0.3 is 45.5 Å². The summed E-state index contributed by atoms with van der Waals surface area (Å²) in [5.41, 5.74) is 0. The largest absolute Gasteiger partial charge is 0.393 e. The van der Waals surface area contributed by atoms with E-state index in [2.05, 4.69) is 9.97 Å². The number of nitrogens with zero attached hydrogens (tertiary/aromatic N) is 4. The minimum atomic E-state index is -7.22. The van der Waals surface area contributed by atoms with E-state index in [9.17, 15) is 64.9 Å². The SMILES string of the molecule is O=C(Nc1ncc([N+](=O)[O-])s1)C(F)(F)C(F)(F)C(F)(F)C(F)(F)C(=O)Nc1ncc([N+](=O)[O-])s1. The lowest BCUT2D eigenvalue weighted by Gasteiger charge is -2.34. The maximum absolute atomic E-state index is 13.9. The van der Waals surface area contributed by atoms with Crippen LogP contribution in [0.3, 0.4) is 0 Å². The number of rotatable bonds is 9. The van der Waals surface area contributed by atoms with Gasteiger partial charge in [0.05, 0.1) is 9.85 Å². The van der Waals surface area contributed by atoms with Crippen molar-refractivity contribution in [1.29, 1.82) is 0 Å². The molecule has 0 saturated carbocycles. The Morgan fingerprint density at radius 1 is 0.735 bits per heavy atom. The Kier molecular flexibility index (Phi) is 6.80. The molecule has 0 aliphatic rings. The Bertz CT molecular complexity index is 1070. The van der Waals surface area contributed by atoms with Gasteiger partial charge in [-0.05, 0) is 22.7 Å². The quantitative estimate of drug-likeness (QED) is 0.274. The first-order valence-corrected chi connectivity index (χ1v) is 9.34. The van der Waals surface area contributed by atoms with Gasteiger partial charge in [0.1, 0.15) is 12.4 Å². The summed E-state index contributed by atoms with van der Waals surface area (Å²) in [6.07, 6.45) is 0.763. The number of thiazole rings is 2. The summed E-state index contributed by atoms with van der Waals surface area (Å²) >= 11 is -0.309. The molecule has 22 heteroatoms. The number of carbonyl (C=O) groups is 2. The standard InChI is InChI=1S/C12H4F8N6O6S2/c13-9(14,5(27)23-7-21-1-3(33-7)25(29)30)11(17,18)12(19,20)10(15,16)6(28)24-8-22-2-4(34-8)26(31)32/h1-2H,(H,21,23,27)(H,22,24,28). The van der Waals surface area contributed by atoms with E-state index in [1.165, 1.54) is 0 Å². The van der Waals surface area contributed by atoms with E-state index < -0.39 is 65.6 Å². The molecule has 0 saturated heterocycles. The summed E-state index contributed by atoms with van der Waals surface area (Å²) in [7, 11) is 0. The lowest BCUT2D eigenvalue weighted by molar-refractivity contribution is -0.380. The Morgan fingerprint density at radius 3 is 1.26 bits per heavy atom. The summed E-state index contributed by atoms with van der Waals surface area (Å²) in [6, 6.07) is 0. The molecule has 0 fully saturated rings. The molecule has 34 heavy (non-hydrogen) atoms. The highest BCUT2D eigenvalue weighted by molar-refractivity contribution is 7.19. The predicted molar refractivity (Wildman–Crippen MR) is 94.6 cm³/mol. The molecule has 0 atom stereocenters. The van der Waals surface area contributed by atoms with Crippen molar-refractivity contribution in [3.63, 3.8) is 0 Å². The average Bonchev–Trinajstić information content (AvgIpc) is 3.37. The lowest BCUT2D eigenvalue weighted by atomic mass is 9.97. The molecule has 186 valence electrons. The number of hydrogen-bond acceptors (Lipinski definition) is 10. The Balaban J connectivity index is 2.30. The molecule has 0 aliphatic carbocycles. The molecule has 0 radical (unpaired) electrons. The van der Waals surface area contributed by atoms with E-state index >= 15 is 0 Å². The second-order valence-corrected chi connectivity index (χ2v) is 7.75. The summed E-state index contributed by atoms with van der Waals surface area (Å²) in [5, 5.41) is 18.6. The van der Waals surface area contributed by atoms with Gasteiger partial charge in [-0.15, -0.1) is 0 Å². The normalized spacial score (nSPS) is 12.8. The van der Waals surface area contributed by atoms with E-state index in [-0.39, 0.29) is 22.7 Å². The van der Waals surface area contributed by atoms with Crippen LogP contribution in [0, 0.1) is 20.2 Å². The molecule has 12 nitrogen and oxygen atoms in total. The molecule has 2 heterocycles. The first-order chi connectivity index (χ1) is 15.4. The molecule has 0 bridgehead atoms. The van der Waals surface area contributed by atoms with Crippen molar-refractivity contribution in [2.45, 2.75) is 23.7 Å². The smallest absolute Gasteiger partial charge is 0.296 e. The van der Waals surface area contributed by atoms with Gasteiger partial charge in [-0.3, -0.25) is 40.5 Å². The molecule has 2 amide bonds. The van der Waals surface area contributed by atoms with Crippen LogP contribution in [0.1, 0.15) is 0 Å². The van der Waals surface area contributed by atoms with Crippen LogP contribution in [0.25, 0.3) is 0 Å². The van der Waals surface area contributed by atoms with Gasteiger partial charge in [-0.25, -0.2) is 9.97 Å². The van der Waals surface area contributed by atoms with E-state index in [1.54, 1.807) is 0 Å². The molecule has 0 spiro atoms. The van der Waals surface area contributed by atoms with Gasteiger partial charge in [0.15, 0.2) is 10.3 Å². The van der Waals surface area contributed by atoms with Crippen molar-refractivity contribution in [1.82, 2.24) is 9.97 Å². The number of halogens is 8. The zero-order valence-electron chi connectivity index (χ0n) is 15.2. The molecule has 0 unspecified atom stereocenters. The number of nitro groups is 2. The predicted octanol–water partition coefficient (Wildman–Crippen LogP) is 3.53. The van der Waals surface area contributed by atoms with Crippen LogP contribution in [0.15, 0.2) is 12.4 Å². The van der Waals surface area contributed by atoms with Crippen molar-refractivity contribution < 1.29 is 54.6 Å². The van der Waals surface area contributed by atoms with E-state index in [1.807, 2.05) is 0 Å². The van der Waals surface area contributed by atoms with Gasteiger partial charge in [0, 0.05) is 0 Å². The average molecular weight is 544 g/mol. The molecule has 2 aromatic heterocycles. The van der Waals surface area contributed by atoms with Gasteiger partial charge in [-0.1, -0.05) is 0 Å².